The molecule has 1 aliphatic rings. The number of nitrogens with zero attached hydrogens (tertiary/aromatic N) is 1. The number of amides is 1. The molecule has 1 amide bonds. The van der Waals surface area contributed by atoms with Crippen LogP contribution in [0.25, 0.3) is 6.08 Å². The number of rotatable bonds is 5. The van der Waals surface area contributed by atoms with Gasteiger partial charge in [0.15, 0.2) is 0 Å². The van der Waals surface area contributed by atoms with E-state index in [0.717, 1.165) is 6.42 Å². The molecular formula is C18H20N2O4S2. The second-order valence-electron chi connectivity index (χ2n) is 5.83. The maximum atomic E-state index is 12.5. The summed E-state index contributed by atoms with van der Waals surface area (Å²) in [4.78, 5) is 15.6. The molecule has 0 saturated heterocycles. The fourth-order valence-corrected chi connectivity index (χ4v) is 4.64. The SMILES string of the molecule is CNS(=O)(=O)c1cc(/C=C/C(=O)N2CCc3sccc3C2)ccc1OC. The number of sulfonamides is 1. The number of hydrogen-bond donors (Lipinski definition) is 1. The number of benzene rings is 1. The van der Waals surface area contributed by atoms with E-state index in [9.17, 15) is 13.2 Å². The van der Waals surface area contributed by atoms with Crippen LogP contribution in [0.1, 0.15) is 16.0 Å². The highest BCUT2D eigenvalue weighted by Gasteiger charge is 2.20. The van der Waals surface area contributed by atoms with Gasteiger partial charge in [-0.3, -0.25) is 4.79 Å². The number of fused-ring (bicyclic) bond motifs is 1. The molecular weight excluding hydrogens is 372 g/mol. The largest absolute Gasteiger partial charge is 0.495 e. The minimum absolute atomic E-state index is 0.0398. The molecule has 1 aliphatic heterocycles. The van der Waals surface area contributed by atoms with Crippen LogP contribution in [0.2, 0.25) is 0 Å². The van der Waals surface area contributed by atoms with Gasteiger partial charge in [-0.1, -0.05) is 6.07 Å². The van der Waals surface area contributed by atoms with Gasteiger partial charge in [0.25, 0.3) is 0 Å². The molecule has 1 aromatic heterocycles. The van der Waals surface area contributed by atoms with Crippen molar-refractivity contribution < 1.29 is 17.9 Å². The van der Waals surface area contributed by atoms with E-state index in [0.29, 0.717) is 18.7 Å². The number of nitrogens with one attached hydrogen (secondary N) is 1. The predicted molar refractivity (Wildman–Crippen MR) is 102 cm³/mol. The molecule has 3 rings (SSSR count). The van der Waals surface area contributed by atoms with E-state index in [1.54, 1.807) is 34.4 Å². The van der Waals surface area contributed by atoms with Crippen LogP contribution in [0.5, 0.6) is 5.75 Å². The first kappa shape index (κ1) is 18.6. The topological polar surface area (TPSA) is 75.7 Å². The van der Waals surface area contributed by atoms with E-state index >= 15 is 0 Å². The molecule has 26 heavy (non-hydrogen) atoms. The van der Waals surface area contributed by atoms with Crippen LogP contribution < -0.4 is 9.46 Å². The zero-order valence-electron chi connectivity index (χ0n) is 14.6. The summed E-state index contributed by atoms with van der Waals surface area (Å²) in [5.41, 5.74) is 1.82. The van der Waals surface area contributed by atoms with Crippen molar-refractivity contribution in [2.24, 2.45) is 0 Å². The lowest BCUT2D eigenvalue weighted by Crippen LogP contribution is -2.34. The highest BCUT2D eigenvalue weighted by atomic mass is 32.2. The van der Waals surface area contributed by atoms with Crippen molar-refractivity contribution in [1.29, 1.82) is 0 Å². The van der Waals surface area contributed by atoms with Crippen LogP contribution in [0, 0.1) is 0 Å². The molecule has 0 saturated carbocycles. The first-order chi connectivity index (χ1) is 12.4. The van der Waals surface area contributed by atoms with Crippen molar-refractivity contribution in [3.63, 3.8) is 0 Å². The Hall–Kier alpha value is -2.16. The summed E-state index contributed by atoms with van der Waals surface area (Å²) in [7, 11) is -0.895. The Labute approximate surface area is 157 Å². The summed E-state index contributed by atoms with van der Waals surface area (Å²) in [6.45, 7) is 1.31. The summed E-state index contributed by atoms with van der Waals surface area (Å²) >= 11 is 1.73. The Kier molecular flexibility index (Phi) is 5.45. The number of methoxy groups -OCH3 is 1. The molecule has 0 unspecified atom stereocenters. The van der Waals surface area contributed by atoms with Gasteiger partial charge in [-0.15, -0.1) is 11.3 Å². The molecule has 2 aromatic rings. The van der Waals surface area contributed by atoms with Crippen molar-refractivity contribution in [1.82, 2.24) is 9.62 Å². The number of carbonyl (C=O) groups excluding carboxylic acids is 1. The number of carbonyl (C=O) groups is 1. The fraction of sp³-hybridized carbons (Fsp3) is 0.278. The molecule has 0 aliphatic carbocycles. The highest BCUT2D eigenvalue weighted by molar-refractivity contribution is 7.89. The maximum Gasteiger partial charge on any atom is 0.246 e. The number of hydrogen-bond acceptors (Lipinski definition) is 5. The summed E-state index contributed by atoms with van der Waals surface area (Å²) in [5.74, 6) is 0.166. The zero-order chi connectivity index (χ0) is 18.7. The summed E-state index contributed by atoms with van der Waals surface area (Å²) < 4.78 is 31.6. The van der Waals surface area contributed by atoms with Crippen molar-refractivity contribution in [2.75, 3.05) is 20.7 Å². The molecule has 0 fully saturated rings. The van der Waals surface area contributed by atoms with E-state index in [1.165, 1.54) is 36.7 Å². The van der Waals surface area contributed by atoms with Crippen LogP contribution in [0.15, 0.2) is 40.6 Å². The number of ether oxygens (including phenoxy) is 1. The van der Waals surface area contributed by atoms with Gasteiger partial charge in [-0.2, -0.15) is 0 Å². The van der Waals surface area contributed by atoms with Gasteiger partial charge < -0.3 is 9.64 Å². The van der Waals surface area contributed by atoms with Gasteiger partial charge in [-0.25, -0.2) is 13.1 Å². The van der Waals surface area contributed by atoms with Crippen molar-refractivity contribution in [3.8, 4) is 5.75 Å². The average Bonchev–Trinajstić information content (AvgIpc) is 3.13. The molecule has 138 valence electrons. The van der Waals surface area contributed by atoms with E-state index < -0.39 is 10.0 Å². The second kappa shape index (κ2) is 7.61. The Balaban J connectivity index is 1.78. The minimum Gasteiger partial charge on any atom is -0.495 e. The average molecular weight is 393 g/mol. The van der Waals surface area contributed by atoms with Gasteiger partial charge in [-0.05, 0) is 54.3 Å². The Morgan fingerprint density at radius 3 is 2.88 bits per heavy atom. The van der Waals surface area contributed by atoms with E-state index in [4.69, 9.17) is 4.74 Å². The quantitative estimate of drug-likeness (QED) is 0.792. The zero-order valence-corrected chi connectivity index (χ0v) is 16.2. The van der Waals surface area contributed by atoms with Crippen LogP contribution in [0.3, 0.4) is 0 Å². The first-order valence-corrected chi connectivity index (χ1v) is 10.4. The van der Waals surface area contributed by atoms with Gasteiger partial charge >= 0.3 is 0 Å². The van der Waals surface area contributed by atoms with Crippen LogP contribution in [-0.4, -0.2) is 39.9 Å². The highest BCUT2D eigenvalue weighted by Crippen LogP contribution is 2.26. The lowest BCUT2D eigenvalue weighted by atomic mass is 10.1. The molecule has 0 spiro atoms. The second-order valence-corrected chi connectivity index (χ2v) is 8.69. The summed E-state index contributed by atoms with van der Waals surface area (Å²) in [6, 6.07) is 6.83. The maximum absolute atomic E-state index is 12.5. The van der Waals surface area contributed by atoms with Gasteiger partial charge in [0.1, 0.15) is 10.6 Å². The molecule has 1 aromatic carbocycles. The smallest absolute Gasteiger partial charge is 0.246 e. The third-order valence-electron chi connectivity index (χ3n) is 4.28. The molecule has 2 heterocycles. The lowest BCUT2D eigenvalue weighted by molar-refractivity contribution is -0.126. The summed E-state index contributed by atoms with van der Waals surface area (Å²) in [6.07, 6.45) is 3.98. The van der Waals surface area contributed by atoms with Crippen molar-refractivity contribution in [3.05, 3.63) is 51.7 Å². The Morgan fingerprint density at radius 1 is 1.35 bits per heavy atom. The standard InChI is InChI=1S/C18H20N2O4S2/c1-19-26(22,23)17-11-13(3-5-15(17)24-2)4-6-18(21)20-9-7-16-14(12-20)8-10-25-16/h3-6,8,10-11,19H,7,9,12H2,1-2H3/b6-4+. The molecule has 6 nitrogen and oxygen atoms in total. The normalized spacial score (nSPS) is 14.5. The van der Waals surface area contributed by atoms with E-state index in [2.05, 4.69) is 16.2 Å². The molecule has 8 heteroatoms. The Morgan fingerprint density at radius 2 is 2.15 bits per heavy atom. The van der Waals surface area contributed by atoms with Gasteiger partial charge in [0, 0.05) is 24.0 Å². The monoisotopic (exact) mass is 392 g/mol. The third-order valence-corrected chi connectivity index (χ3v) is 6.74. The number of thiophene rings is 1. The molecule has 0 atom stereocenters. The van der Waals surface area contributed by atoms with Gasteiger partial charge in [0.05, 0.1) is 7.11 Å². The van der Waals surface area contributed by atoms with Crippen LogP contribution in [-0.2, 0) is 27.8 Å². The molecule has 0 radical (unpaired) electrons. The first-order valence-electron chi connectivity index (χ1n) is 8.08. The lowest BCUT2D eigenvalue weighted by Gasteiger charge is -2.25. The third kappa shape index (κ3) is 3.82. The van der Waals surface area contributed by atoms with Crippen LogP contribution in [0.4, 0.5) is 0 Å². The van der Waals surface area contributed by atoms with E-state index in [-0.39, 0.29) is 16.6 Å². The molecule has 1 N–H and O–H groups in total. The van der Waals surface area contributed by atoms with Crippen molar-refractivity contribution >= 4 is 33.3 Å². The Bertz CT molecular complexity index is 948. The van der Waals surface area contributed by atoms with Crippen molar-refractivity contribution in [2.45, 2.75) is 17.9 Å². The van der Waals surface area contributed by atoms with Crippen LogP contribution >= 0.6 is 11.3 Å². The fourth-order valence-electron chi connectivity index (χ4n) is 2.83. The van der Waals surface area contributed by atoms with E-state index in [1.807, 2.05) is 0 Å². The summed E-state index contributed by atoms with van der Waals surface area (Å²) in [5, 5.41) is 2.05. The molecule has 0 bridgehead atoms. The predicted octanol–water partition coefficient (Wildman–Crippen LogP) is 2.26. The van der Waals surface area contributed by atoms with Gasteiger partial charge in [0.2, 0.25) is 15.9 Å². The minimum atomic E-state index is -3.65.